The number of H-pyrrole nitrogens is 2. The highest BCUT2D eigenvalue weighted by Gasteiger charge is 2.23. The number of nitrogens with zero attached hydrogens (tertiary/aromatic N) is 1. The number of imidazole rings is 1. The van der Waals surface area contributed by atoms with Crippen LogP contribution in [0, 0.1) is 0 Å². The van der Waals surface area contributed by atoms with E-state index in [-0.39, 0.29) is 17.1 Å². The van der Waals surface area contributed by atoms with Crippen molar-refractivity contribution in [2.24, 2.45) is 0 Å². The van der Waals surface area contributed by atoms with Crippen LogP contribution in [-0.2, 0) is 14.8 Å². The first kappa shape index (κ1) is 18.2. The van der Waals surface area contributed by atoms with Gasteiger partial charge in [-0.3, -0.25) is 4.79 Å². The third-order valence-corrected chi connectivity index (χ3v) is 5.76. The van der Waals surface area contributed by atoms with Crippen molar-refractivity contribution >= 4 is 44.3 Å². The predicted molar refractivity (Wildman–Crippen MR) is 98.8 cm³/mol. The lowest BCUT2D eigenvalue weighted by Gasteiger charge is -2.17. The van der Waals surface area contributed by atoms with E-state index in [4.69, 9.17) is 11.6 Å². The SMILES string of the molecule is CN(CC(=O)Nc1ccc2[nH]c(=O)[nH]c2c1)S(=O)(=O)c1ccc(Cl)cc1. The molecule has 0 bridgehead atoms. The molecular formula is C16H15ClN4O4S. The van der Waals surface area contributed by atoms with E-state index in [0.717, 1.165) is 4.31 Å². The molecule has 0 aliphatic heterocycles. The van der Waals surface area contributed by atoms with Crippen LogP contribution in [0.1, 0.15) is 0 Å². The van der Waals surface area contributed by atoms with Crippen molar-refractivity contribution in [1.82, 2.24) is 14.3 Å². The normalized spacial score (nSPS) is 11.8. The van der Waals surface area contributed by atoms with Gasteiger partial charge in [0.05, 0.1) is 22.5 Å². The molecule has 0 fully saturated rings. The van der Waals surface area contributed by atoms with Crippen LogP contribution in [0.3, 0.4) is 0 Å². The number of rotatable bonds is 5. The van der Waals surface area contributed by atoms with Crippen LogP contribution in [0.25, 0.3) is 11.0 Å². The van der Waals surface area contributed by atoms with Crippen LogP contribution >= 0.6 is 11.6 Å². The lowest BCUT2D eigenvalue weighted by molar-refractivity contribution is -0.116. The fourth-order valence-corrected chi connectivity index (χ4v) is 3.64. The van der Waals surface area contributed by atoms with Gasteiger partial charge in [0.1, 0.15) is 0 Å². The molecule has 0 atom stereocenters. The number of nitrogens with one attached hydrogen (secondary N) is 3. The van der Waals surface area contributed by atoms with E-state index in [2.05, 4.69) is 15.3 Å². The highest BCUT2D eigenvalue weighted by atomic mass is 35.5. The molecule has 1 amide bonds. The number of amides is 1. The van der Waals surface area contributed by atoms with Gasteiger partial charge in [-0.25, -0.2) is 13.2 Å². The summed E-state index contributed by atoms with van der Waals surface area (Å²) in [5, 5.41) is 3.02. The van der Waals surface area contributed by atoms with Gasteiger partial charge in [0, 0.05) is 17.8 Å². The molecule has 0 aliphatic carbocycles. The number of likely N-dealkylation sites (N-methyl/N-ethyl adjacent to an activating group) is 1. The molecule has 26 heavy (non-hydrogen) atoms. The number of fused-ring (bicyclic) bond motifs is 1. The zero-order chi connectivity index (χ0) is 18.9. The molecule has 1 heterocycles. The molecule has 3 rings (SSSR count). The summed E-state index contributed by atoms with van der Waals surface area (Å²) >= 11 is 5.76. The average molecular weight is 395 g/mol. The van der Waals surface area contributed by atoms with Crippen molar-refractivity contribution < 1.29 is 13.2 Å². The van der Waals surface area contributed by atoms with Crippen LogP contribution in [0.15, 0.2) is 52.2 Å². The van der Waals surface area contributed by atoms with E-state index in [1.165, 1.54) is 31.3 Å². The highest BCUT2D eigenvalue weighted by Crippen LogP contribution is 2.18. The summed E-state index contributed by atoms with van der Waals surface area (Å²) in [6.07, 6.45) is 0. The summed E-state index contributed by atoms with van der Waals surface area (Å²) in [7, 11) is -2.50. The lowest BCUT2D eigenvalue weighted by atomic mass is 10.3. The maximum absolute atomic E-state index is 12.5. The van der Waals surface area contributed by atoms with E-state index in [9.17, 15) is 18.0 Å². The molecule has 0 unspecified atom stereocenters. The number of aromatic amines is 2. The Kier molecular flexibility index (Phi) is 4.86. The van der Waals surface area contributed by atoms with Gasteiger partial charge in [0.25, 0.3) is 0 Å². The van der Waals surface area contributed by atoms with Crippen LogP contribution in [0.5, 0.6) is 0 Å². The summed E-state index contributed by atoms with van der Waals surface area (Å²) in [5.74, 6) is -0.512. The quantitative estimate of drug-likeness (QED) is 0.611. The zero-order valence-electron chi connectivity index (χ0n) is 13.6. The second-order valence-corrected chi connectivity index (χ2v) is 8.08. The topological polar surface area (TPSA) is 115 Å². The van der Waals surface area contributed by atoms with E-state index in [0.29, 0.717) is 21.7 Å². The highest BCUT2D eigenvalue weighted by molar-refractivity contribution is 7.89. The Morgan fingerprint density at radius 1 is 1.12 bits per heavy atom. The van der Waals surface area contributed by atoms with Crippen molar-refractivity contribution in [1.29, 1.82) is 0 Å². The number of hydrogen-bond donors (Lipinski definition) is 3. The maximum Gasteiger partial charge on any atom is 0.323 e. The Morgan fingerprint density at radius 2 is 1.77 bits per heavy atom. The number of carbonyl (C=O) groups is 1. The molecule has 8 nitrogen and oxygen atoms in total. The van der Waals surface area contributed by atoms with Gasteiger partial charge in [-0.2, -0.15) is 4.31 Å². The largest absolute Gasteiger partial charge is 0.325 e. The molecule has 0 saturated carbocycles. The van der Waals surface area contributed by atoms with Gasteiger partial charge in [-0.05, 0) is 42.5 Å². The lowest BCUT2D eigenvalue weighted by Crippen LogP contribution is -2.34. The van der Waals surface area contributed by atoms with E-state index in [1.54, 1.807) is 18.2 Å². The number of aromatic nitrogens is 2. The smallest absolute Gasteiger partial charge is 0.323 e. The Balaban J connectivity index is 1.71. The van der Waals surface area contributed by atoms with E-state index < -0.39 is 15.9 Å². The Bertz CT molecular complexity index is 1120. The summed E-state index contributed by atoms with van der Waals surface area (Å²) in [5.41, 5.74) is 1.23. The molecular weight excluding hydrogens is 380 g/mol. The molecule has 0 saturated heterocycles. The van der Waals surface area contributed by atoms with Crippen molar-refractivity contribution in [2.45, 2.75) is 4.90 Å². The zero-order valence-corrected chi connectivity index (χ0v) is 15.2. The van der Waals surface area contributed by atoms with Gasteiger partial charge >= 0.3 is 5.69 Å². The van der Waals surface area contributed by atoms with Crippen molar-refractivity contribution in [3.05, 3.63) is 58.0 Å². The van der Waals surface area contributed by atoms with Gasteiger partial charge in [-0.1, -0.05) is 11.6 Å². The van der Waals surface area contributed by atoms with Crippen LogP contribution in [-0.4, -0.2) is 42.2 Å². The molecule has 136 valence electrons. The molecule has 10 heteroatoms. The van der Waals surface area contributed by atoms with Crippen molar-refractivity contribution in [3.8, 4) is 0 Å². The van der Waals surface area contributed by atoms with Gasteiger partial charge in [0.2, 0.25) is 15.9 Å². The standard InChI is InChI=1S/C16H15ClN4O4S/c1-21(26(24,25)12-5-2-10(17)3-6-12)9-15(22)18-11-4-7-13-14(8-11)20-16(23)19-13/h2-8H,9H2,1H3,(H,18,22)(H2,19,20,23). The first-order valence-corrected chi connectivity index (χ1v) is 9.31. The molecule has 0 spiro atoms. The minimum atomic E-state index is -3.81. The fourth-order valence-electron chi connectivity index (χ4n) is 2.38. The fraction of sp³-hybridized carbons (Fsp3) is 0.125. The number of sulfonamides is 1. The number of halogens is 1. The molecule has 3 N–H and O–H groups in total. The number of carbonyl (C=O) groups excluding carboxylic acids is 1. The maximum atomic E-state index is 12.5. The number of anilines is 1. The third kappa shape index (κ3) is 3.79. The molecule has 0 radical (unpaired) electrons. The van der Waals surface area contributed by atoms with Gasteiger partial charge < -0.3 is 15.3 Å². The van der Waals surface area contributed by atoms with Crippen LogP contribution in [0.4, 0.5) is 5.69 Å². The minimum absolute atomic E-state index is 0.0449. The van der Waals surface area contributed by atoms with E-state index in [1.807, 2.05) is 0 Å². The summed E-state index contributed by atoms with van der Waals surface area (Å²) in [6, 6.07) is 10.5. The molecule has 3 aromatic rings. The van der Waals surface area contributed by atoms with Crippen LogP contribution in [0.2, 0.25) is 5.02 Å². The molecule has 0 aliphatic rings. The van der Waals surface area contributed by atoms with Crippen LogP contribution < -0.4 is 11.0 Å². The van der Waals surface area contributed by atoms with Crippen molar-refractivity contribution in [2.75, 3.05) is 18.9 Å². The summed E-state index contributed by atoms with van der Waals surface area (Å²) in [6.45, 7) is -0.368. The van der Waals surface area contributed by atoms with Gasteiger partial charge in [0.15, 0.2) is 0 Å². The number of benzene rings is 2. The van der Waals surface area contributed by atoms with Gasteiger partial charge in [-0.15, -0.1) is 0 Å². The Labute approximate surface area is 153 Å². The first-order valence-electron chi connectivity index (χ1n) is 7.49. The van der Waals surface area contributed by atoms with E-state index >= 15 is 0 Å². The molecule has 1 aromatic heterocycles. The average Bonchev–Trinajstić information content (AvgIpc) is 2.94. The summed E-state index contributed by atoms with van der Waals surface area (Å²) in [4.78, 5) is 28.7. The third-order valence-electron chi connectivity index (χ3n) is 3.69. The Hall–Kier alpha value is -2.62. The van der Waals surface area contributed by atoms with Crippen molar-refractivity contribution in [3.63, 3.8) is 0 Å². The minimum Gasteiger partial charge on any atom is -0.325 e. The summed E-state index contributed by atoms with van der Waals surface area (Å²) < 4.78 is 25.9. The Morgan fingerprint density at radius 3 is 2.46 bits per heavy atom. The second kappa shape index (κ2) is 6.94. The number of hydrogen-bond acceptors (Lipinski definition) is 4. The second-order valence-electron chi connectivity index (χ2n) is 5.60. The molecule has 2 aromatic carbocycles. The monoisotopic (exact) mass is 394 g/mol. The predicted octanol–water partition coefficient (Wildman–Crippen LogP) is 1.77. The first-order chi connectivity index (χ1) is 12.3.